The van der Waals surface area contributed by atoms with Crippen molar-refractivity contribution in [2.24, 2.45) is 7.05 Å². The van der Waals surface area contributed by atoms with E-state index in [-0.39, 0.29) is 11.8 Å². The summed E-state index contributed by atoms with van der Waals surface area (Å²) >= 11 is 0. The minimum Gasteiger partial charge on any atom is -0.347 e. The van der Waals surface area contributed by atoms with Crippen molar-refractivity contribution in [3.05, 3.63) is 53.9 Å². The minimum absolute atomic E-state index is 0.00696. The summed E-state index contributed by atoms with van der Waals surface area (Å²) in [5, 5.41) is 2.87. The lowest BCUT2D eigenvalue weighted by Gasteiger charge is -2.27. The quantitative estimate of drug-likeness (QED) is 0.947. The Morgan fingerprint density at radius 1 is 1.00 bits per heavy atom. The second kappa shape index (κ2) is 6.69. The molecule has 120 valence electrons. The number of benzene rings is 1. The van der Waals surface area contributed by atoms with Gasteiger partial charge < -0.3 is 14.8 Å². The van der Waals surface area contributed by atoms with Crippen LogP contribution in [0.4, 0.5) is 5.69 Å². The van der Waals surface area contributed by atoms with E-state index in [1.165, 1.54) is 6.42 Å². The zero-order valence-electron chi connectivity index (χ0n) is 13.3. The molecule has 3 rings (SSSR count). The van der Waals surface area contributed by atoms with Crippen molar-refractivity contribution in [2.45, 2.75) is 19.3 Å². The highest BCUT2D eigenvalue weighted by Gasteiger charge is 2.21. The summed E-state index contributed by atoms with van der Waals surface area (Å²) in [6.07, 6.45) is 5.09. The lowest BCUT2D eigenvalue weighted by atomic mass is 10.1. The van der Waals surface area contributed by atoms with E-state index in [2.05, 4.69) is 5.32 Å². The average Bonchev–Trinajstić information content (AvgIpc) is 3.02. The van der Waals surface area contributed by atoms with Crippen LogP contribution in [0.15, 0.2) is 42.6 Å². The first-order valence-corrected chi connectivity index (χ1v) is 7.98. The molecule has 1 aliphatic heterocycles. The maximum absolute atomic E-state index is 12.7. The number of likely N-dealkylation sites (tertiary alicyclic amines) is 1. The molecule has 1 aliphatic rings. The van der Waals surface area contributed by atoms with Gasteiger partial charge in [0.1, 0.15) is 5.69 Å². The number of piperidine rings is 1. The third-order valence-corrected chi connectivity index (χ3v) is 4.23. The summed E-state index contributed by atoms with van der Waals surface area (Å²) < 4.78 is 1.75. The Labute approximate surface area is 135 Å². The molecule has 2 aromatic rings. The number of amides is 2. The van der Waals surface area contributed by atoms with Gasteiger partial charge in [-0.1, -0.05) is 12.1 Å². The number of rotatable bonds is 3. The molecule has 1 aromatic carbocycles. The molecular formula is C18H21N3O2. The third kappa shape index (κ3) is 3.28. The fourth-order valence-corrected chi connectivity index (χ4v) is 2.93. The highest BCUT2D eigenvalue weighted by atomic mass is 16.2. The largest absolute Gasteiger partial charge is 0.347 e. The van der Waals surface area contributed by atoms with Crippen LogP contribution in [0.3, 0.4) is 0 Å². The van der Waals surface area contributed by atoms with Gasteiger partial charge in [0.25, 0.3) is 11.8 Å². The summed E-state index contributed by atoms with van der Waals surface area (Å²) in [5.74, 6) is -0.219. The van der Waals surface area contributed by atoms with E-state index in [1.54, 1.807) is 22.8 Å². The molecular weight excluding hydrogens is 290 g/mol. The van der Waals surface area contributed by atoms with Crippen molar-refractivity contribution in [1.82, 2.24) is 9.47 Å². The number of carbonyl (C=O) groups excluding carboxylic acids is 2. The van der Waals surface area contributed by atoms with E-state index in [0.29, 0.717) is 16.9 Å². The molecule has 0 spiro atoms. The Morgan fingerprint density at radius 2 is 1.74 bits per heavy atom. The maximum atomic E-state index is 12.7. The van der Waals surface area contributed by atoms with Gasteiger partial charge in [-0.05, 0) is 43.5 Å². The molecule has 0 unspecified atom stereocenters. The van der Waals surface area contributed by atoms with Crippen molar-refractivity contribution in [2.75, 3.05) is 18.4 Å². The molecule has 1 aromatic heterocycles. The molecule has 1 saturated heterocycles. The van der Waals surface area contributed by atoms with Gasteiger partial charge in [-0.2, -0.15) is 0 Å². The summed E-state index contributed by atoms with van der Waals surface area (Å²) in [7, 11) is 1.82. The number of hydrogen-bond donors (Lipinski definition) is 1. The van der Waals surface area contributed by atoms with E-state index in [0.717, 1.165) is 25.9 Å². The van der Waals surface area contributed by atoms with Gasteiger partial charge in [0.05, 0.1) is 11.3 Å². The smallest absolute Gasteiger partial charge is 0.272 e. The summed E-state index contributed by atoms with van der Waals surface area (Å²) in [6, 6.07) is 10.8. The zero-order chi connectivity index (χ0) is 16.2. The zero-order valence-corrected chi connectivity index (χ0v) is 13.3. The minimum atomic E-state index is -0.212. The van der Waals surface area contributed by atoms with Gasteiger partial charge in [0.2, 0.25) is 0 Å². The maximum Gasteiger partial charge on any atom is 0.272 e. The predicted octanol–water partition coefficient (Wildman–Crippen LogP) is 2.90. The van der Waals surface area contributed by atoms with Crippen LogP contribution in [0, 0.1) is 0 Å². The highest BCUT2D eigenvalue weighted by Crippen LogP contribution is 2.20. The van der Waals surface area contributed by atoms with Gasteiger partial charge in [0, 0.05) is 26.3 Å². The van der Waals surface area contributed by atoms with Gasteiger partial charge in [0.15, 0.2) is 0 Å². The van der Waals surface area contributed by atoms with Gasteiger partial charge in [-0.3, -0.25) is 9.59 Å². The number of nitrogens with zero attached hydrogens (tertiary/aromatic N) is 2. The molecule has 23 heavy (non-hydrogen) atoms. The van der Waals surface area contributed by atoms with Gasteiger partial charge >= 0.3 is 0 Å². The van der Waals surface area contributed by atoms with Crippen molar-refractivity contribution >= 4 is 17.5 Å². The SMILES string of the molecule is Cn1cccc1C(=O)Nc1ccccc1C(=O)N1CCCCC1. The van der Waals surface area contributed by atoms with Gasteiger partial charge in [-0.25, -0.2) is 0 Å². The number of hydrogen-bond acceptors (Lipinski definition) is 2. The number of para-hydroxylation sites is 1. The monoisotopic (exact) mass is 311 g/mol. The lowest BCUT2D eigenvalue weighted by molar-refractivity contribution is 0.0725. The van der Waals surface area contributed by atoms with Crippen LogP contribution in [-0.4, -0.2) is 34.4 Å². The Balaban J connectivity index is 1.81. The molecule has 1 N–H and O–H groups in total. The summed E-state index contributed by atoms with van der Waals surface area (Å²) in [4.78, 5) is 27.0. The Hall–Kier alpha value is -2.56. The van der Waals surface area contributed by atoms with Crippen molar-refractivity contribution in [3.63, 3.8) is 0 Å². The van der Waals surface area contributed by atoms with E-state index in [1.807, 2.05) is 36.3 Å². The van der Waals surface area contributed by atoms with Crippen LogP contribution < -0.4 is 5.32 Å². The van der Waals surface area contributed by atoms with E-state index >= 15 is 0 Å². The van der Waals surface area contributed by atoms with E-state index in [4.69, 9.17) is 0 Å². The highest BCUT2D eigenvalue weighted by molar-refractivity contribution is 6.08. The van der Waals surface area contributed by atoms with Crippen LogP contribution in [0.5, 0.6) is 0 Å². The first-order valence-electron chi connectivity index (χ1n) is 7.98. The number of anilines is 1. The lowest BCUT2D eigenvalue weighted by Crippen LogP contribution is -2.36. The molecule has 1 fully saturated rings. The second-order valence-electron chi connectivity index (χ2n) is 5.86. The van der Waals surface area contributed by atoms with Crippen LogP contribution in [0.25, 0.3) is 0 Å². The molecule has 0 saturated carbocycles. The van der Waals surface area contributed by atoms with E-state index < -0.39 is 0 Å². The molecule has 5 nitrogen and oxygen atoms in total. The van der Waals surface area contributed by atoms with Crippen molar-refractivity contribution in [3.8, 4) is 0 Å². The summed E-state index contributed by atoms with van der Waals surface area (Å²) in [5.41, 5.74) is 1.68. The average molecular weight is 311 g/mol. The first kappa shape index (κ1) is 15.3. The molecule has 0 radical (unpaired) electrons. The third-order valence-electron chi connectivity index (χ3n) is 4.23. The normalized spacial score (nSPS) is 14.6. The first-order chi connectivity index (χ1) is 11.2. The van der Waals surface area contributed by atoms with Crippen molar-refractivity contribution < 1.29 is 9.59 Å². The van der Waals surface area contributed by atoms with Crippen LogP contribution in [0.2, 0.25) is 0 Å². The Kier molecular flexibility index (Phi) is 4.46. The molecule has 5 heteroatoms. The Bertz CT molecular complexity index is 715. The Morgan fingerprint density at radius 3 is 2.43 bits per heavy atom. The standard InChI is InChI=1S/C18H21N3O2/c1-20-11-7-10-16(20)17(22)19-15-9-4-3-8-14(15)18(23)21-12-5-2-6-13-21/h3-4,7-11H,2,5-6,12-13H2,1H3,(H,19,22). The predicted molar refractivity (Wildman–Crippen MR) is 89.6 cm³/mol. The molecule has 2 heterocycles. The van der Waals surface area contributed by atoms with E-state index in [9.17, 15) is 9.59 Å². The number of aromatic nitrogens is 1. The summed E-state index contributed by atoms with van der Waals surface area (Å²) in [6.45, 7) is 1.58. The molecule has 0 aliphatic carbocycles. The van der Waals surface area contributed by atoms with Crippen LogP contribution in [0.1, 0.15) is 40.1 Å². The molecule has 2 amide bonds. The fourth-order valence-electron chi connectivity index (χ4n) is 2.93. The van der Waals surface area contributed by atoms with Crippen LogP contribution >= 0.6 is 0 Å². The fraction of sp³-hybridized carbons (Fsp3) is 0.333. The van der Waals surface area contributed by atoms with Gasteiger partial charge in [-0.15, -0.1) is 0 Å². The molecule has 0 atom stereocenters. The van der Waals surface area contributed by atoms with Crippen molar-refractivity contribution in [1.29, 1.82) is 0 Å². The molecule has 0 bridgehead atoms. The number of aryl methyl sites for hydroxylation is 1. The second-order valence-corrected chi connectivity index (χ2v) is 5.86. The number of carbonyl (C=O) groups is 2. The van der Waals surface area contributed by atoms with Crippen LogP contribution in [-0.2, 0) is 7.05 Å². The topological polar surface area (TPSA) is 54.3 Å². The number of nitrogens with one attached hydrogen (secondary N) is 1.